The van der Waals surface area contributed by atoms with Gasteiger partial charge in [0.2, 0.25) is 59.1 Å². The maximum absolute atomic E-state index is 12.7. The number of benzene rings is 4. The van der Waals surface area contributed by atoms with Gasteiger partial charge < -0.3 is 61.0 Å². The number of amides is 14. The highest BCUT2D eigenvalue weighted by molar-refractivity contribution is 6.10. The number of fused-ring (bicyclic) bond motifs is 4. The Hall–Kier alpha value is -12.9. The highest BCUT2D eigenvalue weighted by Gasteiger charge is 2.44. The third kappa shape index (κ3) is 19.6. The number of hydrogen-bond acceptors (Lipinski definition) is 23. The normalized spacial score (nSPS) is 18.9. The minimum Gasteiger partial charge on any atom is -0.480 e. The number of carbonyl (C=O) groups excluding carboxylic acids is 14. The predicted octanol–water partition coefficient (Wildman–Crippen LogP) is 1.88. The Labute approximate surface area is 588 Å². The van der Waals surface area contributed by atoms with Gasteiger partial charge >= 0.3 is 5.97 Å². The Morgan fingerprint density at radius 1 is 0.433 bits per heavy atom. The molecule has 544 valence electrons. The van der Waals surface area contributed by atoms with Crippen molar-refractivity contribution in [1.29, 1.82) is 0 Å². The summed E-state index contributed by atoms with van der Waals surface area (Å²) >= 11 is 0. The molecule has 0 radical (unpaired) electrons. The quantitative estimate of drug-likeness (QED) is 0.0144. The van der Waals surface area contributed by atoms with E-state index < -0.39 is 65.6 Å². The topological polar surface area (TPSA) is 587 Å². The molecule has 14 amide bonds. The molecule has 104 heavy (non-hydrogen) atoms. The molecule has 4 saturated heterocycles. The van der Waals surface area contributed by atoms with E-state index in [0.717, 1.165) is 11.1 Å². The highest BCUT2D eigenvalue weighted by Crippen LogP contribution is 2.36. The van der Waals surface area contributed by atoms with Crippen LogP contribution < -0.4 is 43.4 Å². The highest BCUT2D eigenvalue weighted by atomic mass is 16.5. The summed E-state index contributed by atoms with van der Waals surface area (Å²) in [6, 6.07) is 17.6. The number of nitrogen functional groups attached to an aromatic ring is 2. The molecule has 0 saturated carbocycles. The van der Waals surface area contributed by atoms with Crippen LogP contribution in [0.2, 0.25) is 0 Å². The number of azide groups is 3. The number of aliphatic carboxylic acids is 1. The minimum absolute atomic E-state index is 0.117. The summed E-state index contributed by atoms with van der Waals surface area (Å²) in [5.74, 6) is -5.94. The number of imide groups is 4. The van der Waals surface area contributed by atoms with Crippen LogP contribution in [0.25, 0.3) is 31.3 Å². The molecule has 40 nitrogen and oxygen atoms in total. The Balaban J connectivity index is 0.000000170. The van der Waals surface area contributed by atoms with Crippen LogP contribution in [0.4, 0.5) is 22.7 Å². The summed E-state index contributed by atoms with van der Waals surface area (Å²) in [6.45, 7) is 0.980. The lowest BCUT2D eigenvalue weighted by Gasteiger charge is -2.29. The van der Waals surface area contributed by atoms with Gasteiger partial charge in [-0.2, -0.15) is 0 Å². The number of ether oxygens (including phenoxy) is 3. The summed E-state index contributed by atoms with van der Waals surface area (Å²) in [5.41, 5.74) is 42.5. The van der Waals surface area contributed by atoms with Gasteiger partial charge in [0.15, 0.2) is 0 Å². The average Bonchev–Trinajstić information content (AvgIpc) is 1.63. The molecular formula is C64H69N21O19. The first kappa shape index (κ1) is 76.9. The van der Waals surface area contributed by atoms with E-state index in [1.807, 2.05) is 0 Å². The fraction of sp³-hybridized carbons (Fsp3) is 0.391. The van der Waals surface area contributed by atoms with Crippen molar-refractivity contribution >= 4 is 111 Å². The number of carboxylic acid groups (broad SMARTS) is 1. The van der Waals surface area contributed by atoms with Gasteiger partial charge in [0.1, 0.15) is 44.0 Å². The standard InChI is InChI=1S/2C17H18N6O5.2C13H13N3O3.C4H7N3O3/c2*18-22-19-6-7-28-9-15(25)20-12-3-1-2-10-11(12)8-23(17(10)27)13-4-5-14(24)21-16(13)26;2*14-9-3-1-2-7-8(9)6-16(13(7)19)10-4-5-11(17)15-12(10)18;5-7-6-1-2-10-3-4(8)9/h2*1-3,13H,4-9H2,(H,20,25)(H,21,24,26);2*1-3,10H,4-6,14H2,(H,15,17,18);1-3H2,(H,8,9). The smallest absolute Gasteiger partial charge is 0.329 e. The van der Waals surface area contributed by atoms with E-state index in [2.05, 4.69) is 66.7 Å². The van der Waals surface area contributed by atoms with Crippen LogP contribution in [-0.2, 0) is 93.1 Å². The molecule has 0 bridgehead atoms. The van der Waals surface area contributed by atoms with E-state index >= 15 is 0 Å². The van der Waals surface area contributed by atoms with Gasteiger partial charge in [-0.3, -0.25) is 88.4 Å². The van der Waals surface area contributed by atoms with Gasteiger partial charge in [0.05, 0.1) is 19.8 Å². The van der Waals surface area contributed by atoms with Crippen molar-refractivity contribution in [1.82, 2.24) is 40.9 Å². The second-order valence-corrected chi connectivity index (χ2v) is 23.5. The summed E-state index contributed by atoms with van der Waals surface area (Å²) < 4.78 is 14.8. The van der Waals surface area contributed by atoms with Gasteiger partial charge in [0.25, 0.3) is 23.6 Å². The maximum atomic E-state index is 12.7. The van der Waals surface area contributed by atoms with Gasteiger partial charge in [-0.1, -0.05) is 39.6 Å². The average molecular weight is 1440 g/mol. The molecular weight excluding hydrogens is 1370 g/mol. The third-order valence-electron chi connectivity index (χ3n) is 16.8. The SMILES string of the molecule is Nc1cccc2c1CN(C1CCC(=O)NC1=O)C2=O.Nc1cccc2c1CN(C1CCC(=O)NC1=O)C2=O.[N-]=[N+]=NCCOCC(=O)Nc1cccc2c1CN(C1CCC(=O)NC1=O)C2=O.[N-]=[N+]=NCCOCC(=O)Nc1cccc2c1CN(C1CCC(=O)NC1=O)C2=O.[N-]=[N+]=NCCOCC(=O)O. The molecule has 4 aromatic carbocycles. The van der Waals surface area contributed by atoms with Gasteiger partial charge in [-0.15, -0.1) is 0 Å². The van der Waals surface area contributed by atoms with Gasteiger partial charge in [-0.25, -0.2) is 4.79 Å². The predicted molar refractivity (Wildman–Crippen MR) is 358 cm³/mol. The van der Waals surface area contributed by atoms with E-state index in [0.29, 0.717) is 82.1 Å². The van der Waals surface area contributed by atoms with E-state index in [4.69, 9.17) is 42.6 Å². The Morgan fingerprint density at radius 2 is 0.702 bits per heavy atom. The molecule has 4 fully saturated rings. The molecule has 0 spiro atoms. The van der Waals surface area contributed by atoms with Crippen molar-refractivity contribution in [2.24, 2.45) is 15.3 Å². The Kier molecular flexibility index (Phi) is 27.0. The molecule has 8 heterocycles. The second kappa shape index (κ2) is 36.5. The molecule has 4 unspecified atom stereocenters. The number of anilines is 4. The number of carbonyl (C=O) groups is 15. The van der Waals surface area contributed by atoms with Crippen molar-refractivity contribution in [3.05, 3.63) is 149 Å². The number of nitrogens with two attached hydrogens (primary N) is 2. The number of nitrogens with one attached hydrogen (secondary N) is 6. The molecule has 8 aliphatic heterocycles. The van der Waals surface area contributed by atoms with Crippen molar-refractivity contribution in [3.63, 3.8) is 0 Å². The van der Waals surface area contributed by atoms with Crippen LogP contribution in [0.1, 0.15) is 115 Å². The van der Waals surface area contributed by atoms with Crippen LogP contribution in [-0.4, -0.2) is 197 Å². The molecule has 0 aromatic heterocycles. The summed E-state index contributed by atoms with van der Waals surface area (Å²) in [4.78, 5) is 190. The summed E-state index contributed by atoms with van der Waals surface area (Å²) in [6.07, 6.45) is 2.13. The minimum atomic E-state index is -1.03. The van der Waals surface area contributed by atoms with E-state index in [1.54, 1.807) is 72.8 Å². The van der Waals surface area contributed by atoms with Gasteiger partial charge in [-0.05, 0) is 90.8 Å². The fourth-order valence-corrected chi connectivity index (χ4v) is 11.9. The molecule has 0 aliphatic carbocycles. The third-order valence-corrected chi connectivity index (χ3v) is 16.8. The van der Waals surface area contributed by atoms with Crippen LogP contribution in [0, 0.1) is 0 Å². The van der Waals surface area contributed by atoms with Crippen molar-refractivity contribution in [2.75, 3.05) is 81.4 Å². The summed E-state index contributed by atoms with van der Waals surface area (Å²) in [7, 11) is 0. The lowest BCUT2D eigenvalue weighted by Crippen LogP contribution is -2.52. The first-order valence-corrected chi connectivity index (χ1v) is 32.1. The number of carboxylic acids is 1. The maximum Gasteiger partial charge on any atom is 0.329 e. The zero-order chi connectivity index (χ0) is 75.1. The van der Waals surface area contributed by atoms with Crippen molar-refractivity contribution in [3.8, 4) is 0 Å². The molecule has 4 aromatic rings. The van der Waals surface area contributed by atoms with Crippen molar-refractivity contribution in [2.45, 2.75) is 102 Å². The Bertz CT molecular complexity index is 4030. The van der Waals surface area contributed by atoms with E-state index in [1.165, 1.54) is 19.6 Å². The van der Waals surface area contributed by atoms with Crippen LogP contribution in [0.15, 0.2) is 88.1 Å². The molecule has 11 N–H and O–H groups in total. The lowest BCUT2D eigenvalue weighted by atomic mass is 10.0. The number of hydrogen-bond donors (Lipinski definition) is 9. The van der Waals surface area contributed by atoms with E-state index in [-0.39, 0.29) is 158 Å². The molecule has 4 atom stereocenters. The van der Waals surface area contributed by atoms with E-state index in [9.17, 15) is 71.9 Å². The molecule has 40 heteroatoms. The first-order valence-electron chi connectivity index (χ1n) is 32.1. The number of piperidine rings is 4. The van der Waals surface area contributed by atoms with Gasteiger partial charge in [0, 0.05) is 153 Å². The Morgan fingerprint density at radius 3 is 0.971 bits per heavy atom. The molecule has 12 rings (SSSR count). The van der Waals surface area contributed by atoms with Crippen LogP contribution >= 0.6 is 0 Å². The van der Waals surface area contributed by atoms with Crippen LogP contribution in [0.5, 0.6) is 0 Å². The second-order valence-electron chi connectivity index (χ2n) is 23.5. The zero-order valence-electron chi connectivity index (χ0n) is 55.4. The number of rotatable bonds is 21. The largest absolute Gasteiger partial charge is 0.480 e. The fourth-order valence-electron chi connectivity index (χ4n) is 11.9. The number of nitrogens with zero attached hydrogens (tertiary/aromatic N) is 13. The zero-order valence-corrected chi connectivity index (χ0v) is 55.4. The lowest BCUT2D eigenvalue weighted by molar-refractivity contribution is -0.142. The van der Waals surface area contributed by atoms with Crippen LogP contribution in [0.3, 0.4) is 0 Å². The summed E-state index contributed by atoms with van der Waals surface area (Å²) in [5, 5.41) is 32.2. The molecule has 8 aliphatic rings. The first-order chi connectivity index (χ1) is 49.9. The van der Waals surface area contributed by atoms with Crippen molar-refractivity contribution < 1.29 is 91.2 Å². The monoisotopic (exact) mass is 1440 g/mol.